The first kappa shape index (κ1) is 20.7. The molecule has 29 heavy (non-hydrogen) atoms. The van der Waals surface area contributed by atoms with Gasteiger partial charge in [0.1, 0.15) is 5.75 Å². The van der Waals surface area contributed by atoms with Crippen molar-refractivity contribution in [1.29, 1.82) is 0 Å². The lowest BCUT2D eigenvalue weighted by Crippen LogP contribution is -2.44. The molecule has 0 bridgehead atoms. The van der Waals surface area contributed by atoms with E-state index in [1.54, 1.807) is 36.4 Å². The van der Waals surface area contributed by atoms with E-state index in [2.05, 4.69) is 22.2 Å². The van der Waals surface area contributed by atoms with E-state index in [0.29, 0.717) is 23.4 Å². The van der Waals surface area contributed by atoms with Gasteiger partial charge in [0.05, 0.1) is 30.7 Å². The van der Waals surface area contributed by atoms with Crippen LogP contribution < -0.4 is 15.0 Å². The van der Waals surface area contributed by atoms with Crippen LogP contribution in [0.5, 0.6) is 5.75 Å². The molecule has 1 aliphatic heterocycles. The first-order valence-electron chi connectivity index (χ1n) is 9.72. The first-order chi connectivity index (χ1) is 14.0. The summed E-state index contributed by atoms with van der Waals surface area (Å²) >= 11 is 0. The molecule has 7 heteroatoms. The van der Waals surface area contributed by atoms with E-state index >= 15 is 0 Å². The average molecular weight is 397 g/mol. The zero-order valence-corrected chi connectivity index (χ0v) is 17.1. The molecule has 7 nitrogen and oxygen atoms in total. The lowest BCUT2D eigenvalue weighted by atomic mass is 10.1. The third kappa shape index (κ3) is 5.06. The van der Waals surface area contributed by atoms with Gasteiger partial charge < -0.3 is 24.6 Å². The normalized spacial score (nSPS) is 14.4. The van der Waals surface area contributed by atoms with Crippen LogP contribution in [0.25, 0.3) is 0 Å². The number of methoxy groups -OCH3 is 1. The highest BCUT2D eigenvalue weighted by Gasteiger charge is 2.20. The topological polar surface area (TPSA) is 71.1 Å². The van der Waals surface area contributed by atoms with E-state index in [9.17, 15) is 9.59 Å². The standard InChI is InChI=1S/C22H27N3O4/c1-4-29-18-8-5-16(6-9-18)21(26)23-19-15-17(22(27)28-3)7-10-20(19)25-13-11-24(2)12-14-25/h5-10,15H,4,11-14H2,1-3H3,(H,23,26). The van der Waals surface area contributed by atoms with Crippen LogP contribution >= 0.6 is 0 Å². The first-order valence-corrected chi connectivity index (χ1v) is 9.72. The van der Waals surface area contributed by atoms with Gasteiger partial charge in [0.2, 0.25) is 0 Å². The van der Waals surface area contributed by atoms with Gasteiger partial charge in [-0.05, 0) is 56.4 Å². The fraction of sp³-hybridized carbons (Fsp3) is 0.364. The number of benzene rings is 2. The number of rotatable bonds is 6. The zero-order valence-electron chi connectivity index (χ0n) is 17.1. The number of hydrogen-bond acceptors (Lipinski definition) is 6. The molecular formula is C22H27N3O4. The van der Waals surface area contributed by atoms with Crippen LogP contribution in [0.4, 0.5) is 11.4 Å². The Hall–Kier alpha value is -3.06. The molecule has 0 aliphatic carbocycles. The number of nitrogens with one attached hydrogen (secondary N) is 1. The van der Waals surface area contributed by atoms with Gasteiger partial charge in [-0.15, -0.1) is 0 Å². The third-order valence-electron chi connectivity index (χ3n) is 4.94. The quantitative estimate of drug-likeness (QED) is 0.756. The summed E-state index contributed by atoms with van der Waals surface area (Å²) in [4.78, 5) is 29.3. The van der Waals surface area contributed by atoms with Crippen LogP contribution in [-0.4, -0.2) is 63.7 Å². The second-order valence-corrected chi connectivity index (χ2v) is 6.93. The molecule has 0 saturated carbocycles. The minimum Gasteiger partial charge on any atom is -0.494 e. The van der Waals surface area contributed by atoms with Crippen molar-refractivity contribution >= 4 is 23.3 Å². The number of carbonyl (C=O) groups excluding carboxylic acids is 2. The van der Waals surface area contributed by atoms with Gasteiger partial charge in [-0.25, -0.2) is 4.79 Å². The Morgan fingerprint density at radius 1 is 1.00 bits per heavy atom. The molecule has 1 amide bonds. The maximum atomic E-state index is 12.8. The Balaban J connectivity index is 1.86. The number of esters is 1. The van der Waals surface area contributed by atoms with E-state index in [0.717, 1.165) is 37.6 Å². The monoisotopic (exact) mass is 397 g/mol. The number of anilines is 2. The summed E-state index contributed by atoms with van der Waals surface area (Å²) in [7, 11) is 3.43. The van der Waals surface area contributed by atoms with Crippen LogP contribution in [0.2, 0.25) is 0 Å². The molecule has 1 heterocycles. The Morgan fingerprint density at radius 2 is 1.66 bits per heavy atom. The number of carbonyl (C=O) groups is 2. The lowest BCUT2D eigenvalue weighted by molar-refractivity contribution is 0.0600. The summed E-state index contributed by atoms with van der Waals surface area (Å²) in [5, 5.41) is 2.96. The van der Waals surface area contributed by atoms with Crippen LogP contribution in [-0.2, 0) is 4.74 Å². The third-order valence-corrected chi connectivity index (χ3v) is 4.94. The molecule has 0 aromatic heterocycles. The van der Waals surface area contributed by atoms with Crippen LogP contribution in [0.15, 0.2) is 42.5 Å². The summed E-state index contributed by atoms with van der Waals surface area (Å²) < 4.78 is 10.3. The van der Waals surface area contributed by atoms with Crippen molar-refractivity contribution in [2.24, 2.45) is 0 Å². The van der Waals surface area contributed by atoms with E-state index in [1.165, 1.54) is 7.11 Å². The van der Waals surface area contributed by atoms with E-state index in [4.69, 9.17) is 9.47 Å². The molecule has 0 atom stereocenters. The van der Waals surface area contributed by atoms with Gasteiger partial charge >= 0.3 is 5.97 Å². The fourth-order valence-corrected chi connectivity index (χ4v) is 3.27. The Morgan fingerprint density at radius 3 is 2.28 bits per heavy atom. The summed E-state index contributed by atoms with van der Waals surface area (Å²) in [6, 6.07) is 12.2. The highest BCUT2D eigenvalue weighted by atomic mass is 16.5. The number of hydrogen-bond donors (Lipinski definition) is 1. The van der Waals surface area contributed by atoms with Gasteiger partial charge in [0.15, 0.2) is 0 Å². The molecule has 2 aromatic carbocycles. The predicted octanol–water partition coefficient (Wildman–Crippen LogP) is 2.88. The minimum absolute atomic E-state index is 0.245. The highest BCUT2D eigenvalue weighted by Crippen LogP contribution is 2.29. The maximum absolute atomic E-state index is 12.8. The van der Waals surface area contributed by atoms with Crippen molar-refractivity contribution in [1.82, 2.24) is 4.90 Å². The maximum Gasteiger partial charge on any atom is 0.337 e. The van der Waals surface area contributed by atoms with Gasteiger partial charge in [0, 0.05) is 31.7 Å². The van der Waals surface area contributed by atoms with Crippen LogP contribution in [0.1, 0.15) is 27.6 Å². The number of piperazine rings is 1. The second kappa shape index (κ2) is 9.43. The number of amides is 1. The van der Waals surface area contributed by atoms with Crippen molar-refractivity contribution in [3.8, 4) is 5.75 Å². The van der Waals surface area contributed by atoms with Gasteiger partial charge in [0.25, 0.3) is 5.91 Å². The molecule has 1 fully saturated rings. The molecule has 3 rings (SSSR count). The van der Waals surface area contributed by atoms with Gasteiger partial charge in [-0.2, -0.15) is 0 Å². The largest absolute Gasteiger partial charge is 0.494 e. The second-order valence-electron chi connectivity index (χ2n) is 6.93. The molecule has 1 N–H and O–H groups in total. The zero-order chi connectivity index (χ0) is 20.8. The van der Waals surface area contributed by atoms with E-state index in [-0.39, 0.29) is 5.91 Å². The van der Waals surface area contributed by atoms with E-state index < -0.39 is 5.97 Å². The predicted molar refractivity (Wildman–Crippen MR) is 113 cm³/mol. The van der Waals surface area contributed by atoms with E-state index in [1.807, 2.05) is 13.0 Å². The number of likely N-dealkylation sites (N-methyl/N-ethyl adjacent to an activating group) is 1. The van der Waals surface area contributed by atoms with Crippen molar-refractivity contribution < 1.29 is 19.1 Å². The van der Waals surface area contributed by atoms with Gasteiger partial charge in [-0.1, -0.05) is 0 Å². The van der Waals surface area contributed by atoms with Crippen LogP contribution in [0, 0.1) is 0 Å². The lowest BCUT2D eigenvalue weighted by Gasteiger charge is -2.35. The molecule has 0 spiro atoms. The summed E-state index contributed by atoms with van der Waals surface area (Å²) in [5.41, 5.74) is 2.40. The summed E-state index contributed by atoms with van der Waals surface area (Å²) in [6.07, 6.45) is 0. The Labute approximate surface area is 171 Å². The Kier molecular flexibility index (Phi) is 6.72. The fourth-order valence-electron chi connectivity index (χ4n) is 3.27. The molecule has 2 aromatic rings. The highest BCUT2D eigenvalue weighted by molar-refractivity contribution is 6.07. The smallest absolute Gasteiger partial charge is 0.337 e. The molecule has 0 radical (unpaired) electrons. The Bertz CT molecular complexity index is 859. The van der Waals surface area contributed by atoms with Crippen molar-refractivity contribution in [3.05, 3.63) is 53.6 Å². The molecule has 154 valence electrons. The molecule has 1 saturated heterocycles. The molecule has 1 aliphatic rings. The van der Waals surface area contributed by atoms with Crippen LogP contribution in [0.3, 0.4) is 0 Å². The summed E-state index contributed by atoms with van der Waals surface area (Å²) in [5.74, 6) is 0.0341. The SMILES string of the molecule is CCOc1ccc(C(=O)Nc2cc(C(=O)OC)ccc2N2CCN(C)CC2)cc1. The number of ether oxygens (including phenoxy) is 2. The van der Waals surface area contributed by atoms with Gasteiger partial charge in [-0.3, -0.25) is 4.79 Å². The van der Waals surface area contributed by atoms with Crippen molar-refractivity contribution in [3.63, 3.8) is 0 Å². The van der Waals surface area contributed by atoms with Crippen molar-refractivity contribution in [2.75, 3.05) is 57.2 Å². The van der Waals surface area contributed by atoms with Crippen molar-refractivity contribution in [2.45, 2.75) is 6.92 Å². The molecule has 0 unspecified atom stereocenters. The average Bonchev–Trinajstić information content (AvgIpc) is 2.74. The number of nitrogens with zero attached hydrogens (tertiary/aromatic N) is 2. The molecular weight excluding hydrogens is 370 g/mol. The minimum atomic E-state index is -0.438. The summed E-state index contributed by atoms with van der Waals surface area (Å²) in [6.45, 7) is 6.05.